The summed E-state index contributed by atoms with van der Waals surface area (Å²) in [5.74, 6) is -1.06. The van der Waals surface area contributed by atoms with Crippen molar-refractivity contribution in [3.63, 3.8) is 0 Å². The van der Waals surface area contributed by atoms with Crippen molar-refractivity contribution in [2.75, 3.05) is 18.4 Å². The number of nitrogens with one attached hydrogen (secondary N) is 1. The molecule has 1 atom stereocenters. The van der Waals surface area contributed by atoms with Crippen molar-refractivity contribution < 1.29 is 13.6 Å². The van der Waals surface area contributed by atoms with E-state index in [-0.39, 0.29) is 23.3 Å². The summed E-state index contributed by atoms with van der Waals surface area (Å²) >= 11 is 3.20. The van der Waals surface area contributed by atoms with Crippen LogP contribution in [0.1, 0.15) is 18.4 Å². The third kappa shape index (κ3) is 4.86. The van der Waals surface area contributed by atoms with Gasteiger partial charge in [0.05, 0.1) is 11.6 Å². The fourth-order valence-corrected chi connectivity index (χ4v) is 3.42. The molecule has 1 aliphatic heterocycles. The van der Waals surface area contributed by atoms with Crippen molar-refractivity contribution in [1.29, 1.82) is 0 Å². The van der Waals surface area contributed by atoms with Gasteiger partial charge in [-0.05, 0) is 55.3 Å². The molecule has 132 valence electrons. The molecule has 1 saturated heterocycles. The lowest BCUT2D eigenvalue weighted by Gasteiger charge is -2.32. The Kier molecular flexibility index (Phi) is 5.81. The summed E-state index contributed by atoms with van der Waals surface area (Å²) < 4.78 is 27.5. The number of carbonyl (C=O) groups is 1. The average Bonchev–Trinajstić information content (AvgIpc) is 2.60. The summed E-state index contributed by atoms with van der Waals surface area (Å²) in [4.78, 5) is 14.7. The third-order valence-corrected chi connectivity index (χ3v) is 4.88. The van der Waals surface area contributed by atoms with E-state index in [0.29, 0.717) is 17.6 Å². The van der Waals surface area contributed by atoms with Crippen LogP contribution in [0.2, 0.25) is 0 Å². The normalized spacial score (nSPS) is 18.1. The molecule has 1 N–H and O–H groups in total. The molecule has 0 aromatic heterocycles. The minimum absolute atomic E-state index is 0.162. The molecule has 3 nitrogen and oxygen atoms in total. The molecule has 2 aromatic rings. The van der Waals surface area contributed by atoms with E-state index in [4.69, 9.17) is 0 Å². The Hall–Kier alpha value is -1.79. The third-order valence-electron chi connectivity index (χ3n) is 4.38. The zero-order valence-corrected chi connectivity index (χ0v) is 15.2. The molecule has 25 heavy (non-hydrogen) atoms. The van der Waals surface area contributed by atoms with Crippen molar-refractivity contribution in [3.8, 4) is 0 Å². The van der Waals surface area contributed by atoms with Crippen LogP contribution in [0.15, 0.2) is 46.9 Å². The Morgan fingerprint density at radius 2 is 1.96 bits per heavy atom. The monoisotopic (exact) mass is 408 g/mol. The number of nitrogens with zero attached hydrogens (tertiary/aromatic N) is 1. The highest BCUT2D eigenvalue weighted by molar-refractivity contribution is 9.10. The zero-order chi connectivity index (χ0) is 17.8. The maximum absolute atomic E-state index is 13.9. The van der Waals surface area contributed by atoms with Gasteiger partial charge in [-0.3, -0.25) is 9.69 Å². The largest absolute Gasteiger partial charge is 0.323 e. The van der Waals surface area contributed by atoms with Crippen molar-refractivity contribution in [1.82, 2.24) is 4.90 Å². The number of piperidine rings is 1. The van der Waals surface area contributed by atoms with E-state index in [2.05, 4.69) is 26.1 Å². The summed E-state index contributed by atoms with van der Waals surface area (Å²) in [5, 5.41) is 2.69. The number of hydrogen-bond donors (Lipinski definition) is 1. The Balaban J connectivity index is 1.60. The summed E-state index contributed by atoms with van der Waals surface area (Å²) in [6.45, 7) is 2.19. The van der Waals surface area contributed by atoms with Gasteiger partial charge >= 0.3 is 0 Å². The summed E-state index contributed by atoms with van der Waals surface area (Å²) in [6.07, 6.45) is 1.69. The Morgan fingerprint density at radius 3 is 2.68 bits per heavy atom. The Labute approximate surface area is 154 Å². The average molecular weight is 409 g/mol. The first-order chi connectivity index (χ1) is 12.0. The van der Waals surface area contributed by atoms with E-state index in [1.54, 1.807) is 24.3 Å². The van der Waals surface area contributed by atoms with Crippen molar-refractivity contribution in [2.24, 2.45) is 5.92 Å². The molecule has 6 heteroatoms. The predicted molar refractivity (Wildman–Crippen MR) is 97.1 cm³/mol. The molecule has 1 fully saturated rings. The van der Waals surface area contributed by atoms with Crippen LogP contribution in [-0.4, -0.2) is 23.9 Å². The van der Waals surface area contributed by atoms with E-state index in [1.807, 2.05) is 0 Å². The summed E-state index contributed by atoms with van der Waals surface area (Å²) in [6, 6.07) is 11.0. The number of rotatable bonds is 4. The van der Waals surface area contributed by atoms with Crippen LogP contribution >= 0.6 is 15.9 Å². The quantitative estimate of drug-likeness (QED) is 0.802. The van der Waals surface area contributed by atoms with Gasteiger partial charge in [0.1, 0.15) is 11.6 Å². The number of anilines is 1. The number of hydrogen-bond acceptors (Lipinski definition) is 2. The lowest BCUT2D eigenvalue weighted by molar-refractivity contribution is -0.121. The topological polar surface area (TPSA) is 32.3 Å². The maximum atomic E-state index is 13.9. The molecular weight excluding hydrogens is 390 g/mol. The first-order valence-corrected chi connectivity index (χ1v) is 9.03. The van der Waals surface area contributed by atoms with E-state index < -0.39 is 5.82 Å². The van der Waals surface area contributed by atoms with Crippen molar-refractivity contribution in [3.05, 3.63) is 64.1 Å². The van der Waals surface area contributed by atoms with E-state index in [1.165, 1.54) is 18.2 Å². The molecule has 1 amide bonds. The SMILES string of the molecule is O=C(Nc1ccc(Br)cc1F)[C@H]1CCCN(Cc2ccc(F)cc2)C1. The molecule has 0 spiro atoms. The Morgan fingerprint density at radius 1 is 1.20 bits per heavy atom. The zero-order valence-electron chi connectivity index (χ0n) is 13.6. The number of amides is 1. The van der Waals surface area contributed by atoms with Crippen LogP contribution in [-0.2, 0) is 11.3 Å². The number of halogens is 3. The lowest BCUT2D eigenvalue weighted by Crippen LogP contribution is -2.40. The van der Waals surface area contributed by atoms with Crippen LogP contribution < -0.4 is 5.32 Å². The van der Waals surface area contributed by atoms with E-state index in [9.17, 15) is 13.6 Å². The maximum Gasteiger partial charge on any atom is 0.228 e. The highest BCUT2D eigenvalue weighted by Crippen LogP contribution is 2.23. The number of carbonyl (C=O) groups excluding carboxylic acids is 1. The number of benzene rings is 2. The second kappa shape index (κ2) is 8.06. The van der Waals surface area contributed by atoms with Gasteiger partial charge in [0.2, 0.25) is 5.91 Å². The minimum atomic E-state index is -0.457. The van der Waals surface area contributed by atoms with Gasteiger partial charge in [-0.2, -0.15) is 0 Å². The van der Waals surface area contributed by atoms with Gasteiger partial charge in [0.15, 0.2) is 0 Å². The van der Waals surface area contributed by atoms with Crippen LogP contribution in [0.4, 0.5) is 14.5 Å². The van der Waals surface area contributed by atoms with Crippen LogP contribution in [0.3, 0.4) is 0 Å². The van der Waals surface area contributed by atoms with Crippen molar-refractivity contribution in [2.45, 2.75) is 19.4 Å². The van der Waals surface area contributed by atoms with Gasteiger partial charge in [-0.25, -0.2) is 8.78 Å². The minimum Gasteiger partial charge on any atom is -0.323 e. The number of likely N-dealkylation sites (tertiary alicyclic amines) is 1. The predicted octanol–water partition coefficient (Wildman–Crippen LogP) is 4.58. The lowest BCUT2D eigenvalue weighted by atomic mass is 9.96. The fourth-order valence-electron chi connectivity index (χ4n) is 3.09. The highest BCUT2D eigenvalue weighted by Gasteiger charge is 2.26. The molecule has 2 aromatic carbocycles. The second-order valence-corrected chi connectivity index (χ2v) is 7.23. The molecule has 1 heterocycles. The van der Waals surface area contributed by atoms with Crippen LogP contribution in [0.5, 0.6) is 0 Å². The van der Waals surface area contributed by atoms with Gasteiger partial charge in [0, 0.05) is 17.6 Å². The summed E-state index contributed by atoms with van der Waals surface area (Å²) in [7, 11) is 0. The molecule has 1 aliphatic rings. The first kappa shape index (κ1) is 18.0. The standard InChI is InChI=1S/C19H19BrF2N2O/c20-15-5-8-18(17(22)10-15)23-19(25)14-2-1-9-24(12-14)11-13-3-6-16(21)7-4-13/h3-8,10,14H,1-2,9,11-12H2,(H,23,25)/t14-/m0/s1. The molecule has 0 saturated carbocycles. The van der Waals surface area contributed by atoms with E-state index in [0.717, 1.165) is 24.9 Å². The van der Waals surface area contributed by atoms with Crippen LogP contribution in [0, 0.1) is 17.6 Å². The van der Waals surface area contributed by atoms with Gasteiger partial charge in [-0.1, -0.05) is 28.1 Å². The molecule has 0 radical (unpaired) electrons. The Bertz CT molecular complexity index is 752. The molecular formula is C19H19BrF2N2O. The molecule has 0 aliphatic carbocycles. The van der Waals surface area contributed by atoms with Crippen molar-refractivity contribution >= 4 is 27.5 Å². The molecule has 0 unspecified atom stereocenters. The van der Waals surface area contributed by atoms with Crippen LogP contribution in [0.25, 0.3) is 0 Å². The van der Waals surface area contributed by atoms with Gasteiger partial charge in [0.25, 0.3) is 0 Å². The first-order valence-electron chi connectivity index (χ1n) is 8.24. The van der Waals surface area contributed by atoms with E-state index >= 15 is 0 Å². The smallest absolute Gasteiger partial charge is 0.228 e. The molecule has 0 bridgehead atoms. The fraction of sp³-hybridized carbons (Fsp3) is 0.316. The highest BCUT2D eigenvalue weighted by atomic mass is 79.9. The van der Waals surface area contributed by atoms with Gasteiger partial charge in [-0.15, -0.1) is 0 Å². The second-order valence-electron chi connectivity index (χ2n) is 6.31. The molecule has 3 rings (SSSR count). The summed E-state index contributed by atoms with van der Waals surface area (Å²) in [5.41, 5.74) is 1.21. The van der Waals surface area contributed by atoms with Gasteiger partial charge < -0.3 is 5.32 Å².